The highest BCUT2D eigenvalue weighted by molar-refractivity contribution is 9.10. The van der Waals surface area contributed by atoms with E-state index in [9.17, 15) is 0 Å². The average Bonchev–Trinajstić information content (AvgIpc) is 3.02. The van der Waals surface area contributed by atoms with E-state index < -0.39 is 0 Å². The molecule has 1 aromatic heterocycles. The third kappa shape index (κ3) is 2.96. The van der Waals surface area contributed by atoms with Crippen LogP contribution in [0.5, 0.6) is 0 Å². The molecule has 1 saturated heterocycles. The second-order valence-corrected chi connectivity index (χ2v) is 8.81. The van der Waals surface area contributed by atoms with Crippen molar-refractivity contribution in [2.24, 2.45) is 0 Å². The Kier molecular flexibility index (Phi) is 5.01. The number of rotatable bonds is 3. The lowest BCUT2D eigenvalue weighted by Gasteiger charge is -2.46. The molecule has 140 valence electrons. The molecule has 1 fully saturated rings. The van der Waals surface area contributed by atoms with Crippen molar-refractivity contribution in [3.63, 3.8) is 0 Å². The normalized spacial score (nSPS) is 25.2. The summed E-state index contributed by atoms with van der Waals surface area (Å²) in [6, 6.07) is 5.32. The van der Waals surface area contributed by atoms with Crippen LogP contribution in [0.15, 0.2) is 22.8 Å². The third-order valence-electron chi connectivity index (χ3n) is 6.17. The molecule has 1 unspecified atom stereocenters. The summed E-state index contributed by atoms with van der Waals surface area (Å²) in [5.74, 6) is 0.520. The third-order valence-corrected chi connectivity index (χ3v) is 7.24. The number of fused-ring (bicyclic) bond motifs is 2. The number of nitrogens with one attached hydrogen (secondary N) is 2. The van der Waals surface area contributed by atoms with Gasteiger partial charge >= 0.3 is 0 Å². The van der Waals surface area contributed by atoms with Crippen LogP contribution in [0.2, 0.25) is 0 Å². The lowest BCUT2D eigenvalue weighted by Crippen LogP contribution is -2.56. The van der Waals surface area contributed by atoms with Gasteiger partial charge in [-0.15, -0.1) is 0 Å². The van der Waals surface area contributed by atoms with Gasteiger partial charge in [-0.05, 0) is 69.2 Å². The lowest BCUT2D eigenvalue weighted by atomic mass is 9.74. The first-order chi connectivity index (χ1) is 12.5. The number of nitrogens with zero attached hydrogens (tertiary/aromatic N) is 2. The van der Waals surface area contributed by atoms with Crippen molar-refractivity contribution in [2.45, 2.75) is 44.7 Å². The van der Waals surface area contributed by atoms with Gasteiger partial charge in [-0.3, -0.25) is 0 Å². The van der Waals surface area contributed by atoms with Crippen molar-refractivity contribution in [2.75, 3.05) is 26.7 Å². The highest BCUT2D eigenvalue weighted by Crippen LogP contribution is 2.46. The molecule has 0 spiro atoms. The highest BCUT2D eigenvalue weighted by atomic mass is 79.9. The molecule has 0 saturated carbocycles. The number of thiocarbonyl (C=S) groups is 1. The monoisotopic (exact) mass is 434 g/mol. The topological polar surface area (TPSA) is 34.3 Å². The quantitative estimate of drug-likeness (QED) is 0.718. The van der Waals surface area contributed by atoms with Gasteiger partial charge in [0.25, 0.3) is 0 Å². The zero-order valence-corrected chi connectivity index (χ0v) is 18.1. The van der Waals surface area contributed by atoms with E-state index in [0.29, 0.717) is 18.0 Å². The molecule has 3 atom stereocenters. The minimum atomic E-state index is 0.386. The molecule has 2 heterocycles. The van der Waals surface area contributed by atoms with E-state index in [0.717, 1.165) is 37.6 Å². The maximum atomic E-state index is 5.66. The van der Waals surface area contributed by atoms with Crippen LogP contribution in [0.1, 0.15) is 37.3 Å². The summed E-state index contributed by atoms with van der Waals surface area (Å²) in [5, 5.41) is 5.97. The Morgan fingerprint density at radius 2 is 2.15 bits per heavy atom. The number of likely N-dealkylation sites (N-methyl/N-ethyl adjacent to an activating group) is 1. The van der Waals surface area contributed by atoms with Crippen LogP contribution in [0.4, 0.5) is 0 Å². The zero-order valence-electron chi connectivity index (χ0n) is 15.7. The minimum absolute atomic E-state index is 0.386. The fraction of sp³-hybridized carbons (Fsp3) is 0.550. The van der Waals surface area contributed by atoms with E-state index in [2.05, 4.69) is 75.3 Å². The van der Waals surface area contributed by atoms with Crippen molar-refractivity contribution in [1.29, 1.82) is 0 Å². The molecule has 2 aliphatic rings. The Hall–Kier alpha value is -1.11. The molecular weight excluding hydrogens is 408 g/mol. The van der Waals surface area contributed by atoms with Gasteiger partial charge < -0.3 is 20.1 Å². The summed E-state index contributed by atoms with van der Waals surface area (Å²) >= 11 is 9.50. The second-order valence-electron chi connectivity index (χ2n) is 7.57. The van der Waals surface area contributed by atoms with E-state index >= 15 is 0 Å². The largest absolute Gasteiger partial charge is 0.361 e. The van der Waals surface area contributed by atoms with E-state index in [1.165, 1.54) is 26.5 Å². The summed E-state index contributed by atoms with van der Waals surface area (Å²) in [6.45, 7) is 7.26. The van der Waals surface area contributed by atoms with E-state index in [1.807, 2.05) is 0 Å². The summed E-state index contributed by atoms with van der Waals surface area (Å²) in [4.78, 5) is 8.21. The van der Waals surface area contributed by atoms with E-state index in [-0.39, 0.29) is 0 Å². The zero-order chi connectivity index (χ0) is 18.4. The van der Waals surface area contributed by atoms with Crippen molar-refractivity contribution < 1.29 is 0 Å². The van der Waals surface area contributed by atoms with E-state index in [4.69, 9.17) is 12.2 Å². The van der Waals surface area contributed by atoms with Gasteiger partial charge in [-0.2, -0.15) is 0 Å². The summed E-state index contributed by atoms with van der Waals surface area (Å²) in [5.41, 5.74) is 4.18. The lowest BCUT2D eigenvalue weighted by molar-refractivity contribution is 0.133. The van der Waals surface area contributed by atoms with Gasteiger partial charge in [0.2, 0.25) is 0 Å². The number of hydrogen-bond acceptors (Lipinski definition) is 2. The van der Waals surface area contributed by atoms with Crippen LogP contribution >= 0.6 is 28.1 Å². The van der Waals surface area contributed by atoms with E-state index in [1.54, 1.807) is 0 Å². The molecule has 4 rings (SSSR count). The molecule has 0 amide bonds. The SMILES string of the molecule is CCN(CC)C(=S)N[C@H]1CC2c3c(Br)ccc4[nH]cc(c34)C[C@H]2N(C)C1. The standard InChI is InChI=1S/C20H27BrN4S/c1-4-25(5-2)20(26)23-13-9-14-17(24(3)11-13)8-12-10-22-16-7-6-15(21)19(14)18(12)16/h6-7,10,13-14,17,22H,4-5,8-9,11H2,1-3H3,(H,23,26)/t13-,14?,17+/m0/s1. The molecule has 0 radical (unpaired) electrons. The van der Waals surface area contributed by atoms with Gasteiger partial charge in [0.15, 0.2) is 5.11 Å². The highest BCUT2D eigenvalue weighted by Gasteiger charge is 2.40. The predicted octanol–water partition coefficient (Wildman–Crippen LogP) is 3.86. The summed E-state index contributed by atoms with van der Waals surface area (Å²) in [6.07, 6.45) is 4.45. The van der Waals surface area contributed by atoms with Crippen LogP contribution in [0.25, 0.3) is 10.9 Å². The maximum Gasteiger partial charge on any atom is 0.169 e. The molecule has 0 bridgehead atoms. The number of H-pyrrole nitrogens is 1. The Bertz CT molecular complexity index is 829. The number of aromatic amines is 1. The van der Waals surface area contributed by atoms with Crippen LogP contribution in [0, 0.1) is 0 Å². The van der Waals surface area contributed by atoms with Crippen molar-refractivity contribution in [3.05, 3.63) is 33.9 Å². The van der Waals surface area contributed by atoms with Crippen LogP contribution < -0.4 is 5.32 Å². The number of halogens is 1. The summed E-state index contributed by atoms with van der Waals surface area (Å²) < 4.78 is 1.24. The smallest absolute Gasteiger partial charge is 0.169 e. The summed E-state index contributed by atoms with van der Waals surface area (Å²) in [7, 11) is 2.26. The average molecular weight is 435 g/mol. The molecule has 4 nitrogen and oxygen atoms in total. The number of hydrogen-bond donors (Lipinski definition) is 2. The Balaban J connectivity index is 1.64. The van der Waals surface area contributed by atoms with Gasteiger partial charge in [0.1, 0.15) is 0 Å². The van der Waals surface area contributed by atoms with Gasteiger partial charge in [0, 0.05) is 59.2 Å². The molecular formula is C20H27BrN4S. The van der Waals surface area contributed by atoms with Crippen molar-refractivity contribution in [3.8, 4) is 0 Å². The predicted molar refractivity (Wildman–Crippen MR) is 116 cm³/mol. The Morgan fingerprint density at radius 1 is 1.38 bits per heavy atom. The molecule has 6 heteroatoms. The first kappa shape index (κ1) is 18.3. The molecule has 2 aromatic rings. The van der Waals surface area contributed by atoms with Gasteiger partial charge in [-0.25, -0.2) is 0 Å². The first-order valence-corrected chi connectivity index (χ1v) is 10.8. The van der Waals surface area contributed by atoms with Crippen molar-refractivity contribution >= 4 is 44.2 Å². The van der Waals surface area contributed by atoms with Gasteiger partial charge in [-0.1, -0.05) is 15.9 Å². The first-order valence-electron chi connectivity index (χ1n) is 9.57. The van der Waals surface area contributed by atoms with Crippen LogP contribution in [0.3, 0.4) is 0 Å². The Labute approximate surface area is 169 Å². The van der Waals surface area contributed by atoms with Crippen molar-refractivity contribution in [1.82, 2.24) is 20.1 Å². The molecule has 1 aliphatic carbocycles. The number of aromatic nitrogens is 1. The number of benzene rings is 1. The molecule has 26 heavy (non-hydrogen) atoms. The minimum Gasteiger partial charge on any atom is -0.361 e. The van der Waals surface area contributed by atoms with Crippen LogP contribution in [-0.4, -0.2) is 58.7 Å². The molecule has 1 aliphatic heterocycles. The number of likely N-dealkylation sites (tertiary alicyclic amines) is 1. The fourth-order valence-electron chi connectivity index (χ4n) is 4.86. The maximum absolute atomic E-state index is 5.66. The fourth-order valence-corrected chi connectivity index (χ4v) is 5.91. The van der Waals surface area contributed by atoms with Crippen LogP contribution in [-0.2, 0) is 6.42 Å². The second kappa shape index (κ2) is 7.13. The molecule has 2 N–H and O–H groups in total. The molecule has 1 aromatic carbocycles. The Morgan fingerprint density at radius 3 is 2.88 bits per heavy atom. The number of piperidine rings is 1. The van der Waals surface area contributed by atoms with Gasteiger partial charge in [0.05, 0.1) is 0 Å².